The van der Waals surface area contributed by atoms with E-state index in [1.807, 2.05) is 0 Å². The van der Waals surface area contributed by atoms with Crippen LogP contribution in [0.25, 0.3) is 16.6 Å². The first kappa shape index (κ1) is 27.8. The van der Waals surface area contributed by atoms with Gasteiger partial charge in [-0.1, -0.05) is 11.6 Å². The largest absolute Gasteiger partial charge is 0.417 e. The van der Waals surface area contributed by atoms with Gasteiger partial charge < -0.3 is 26.2 Å². The summed E-state index contributed by atoms with van der Waals surface area (Å²) < 4.78 is 76.8. The van der Waals surface area contributed by atoms with Crippen molar-refractivity contribution < 1.29 is 31.8 Å². The van der Waals surface area contributed by atoms with E-state index in [9.17, 15) is 18.3 Å². The standard InChI is InChI=1S/C25H23ClF5N7O2/c26-18-2-1-13(7-17(18)25(29,30)31)35-24(39)36-21-10-19(27)15(9-20(21)28)16-8-14(11-37-3-5-40-6-4-37)38-22(16)23(32)33-12-34-38/h1-2,7-10,12,24,35-36,39H,3-6,11H2,(H2,32,33,34). The Labute approximate surface area is 229 Å². The van der Waals surface area contributed by atoms with Crippen LogP contribution in [0.15, 0.2) is 42.7 Å². The number of aromatic nitrogens is 3. The van der Waals surface area contributed by atoms with Gasteiger partial charge in [-0.05, 0) is 30.3 Å². The number of hydrogen-bond acceptors (Lipinski definition) is 8. The minimum Gasteiger partial charge on any atom is -0.382 e. The maximum absolute atomic E-state index is 15.4. The van der Waals surface area contributed by atoms with E-state index in [1.54, 1.807) is 6.07 Å². The van der Waals surface area contributed by atoms with Gasteiger partial charge in [0.25, 0.3) is 0 Å². The molecule has 0 amide bonds. The average molecular weight is 584 g/mol. The number of fused-ring (bicyclic) bond motifs is 1. The van der Waals surface area contributed by atoms with Gasteiger partial charge in [-0.15, -0.1) is 0 Å². The van der Waals surface area contributed by atoms with E-state index < -0.39 is 40.4 Å². The Bertz CT molecular complexity index is 1540. The van der Waals surface area contributed by atoms with E-state index in [0.29, 0.717) is 50.1 Å². The van der Waals surface area contributed by atoms with Gasteiger partial charge in [-0.3, -0.25) is 4.90 Å². The quantitative estimate of drug-likeness (QED) is 0.185. The summed E-state index contributed by atoms with van der Waals surface area (Å²) in [5.74, 6) is -1.72. The van der Waals surface area contributed by atoms with Crippen LogP contribution >= 0.6 is 11.6 Å². The Kier molecular flexibility index (Phi) is 7.68. The molecule has 2 aromatic carbocycles. The highest BCUT2D eigenvalue weighted by Gasteiger charge is 2.33. The first-order valence-corrected chi connectivity index (χ1v) is 12.4. The van der Waals surface area contributed by atoms with Gasteiger partial charge in [0.15, 0.2) is 5.82 Å². The Morgan fingerprint density at radius 1 is 1.05 bits per heavy atom. The molecule has 1 fully saturated rings. The summed E-state index contributed by atoms with van der Waals surface area (Å²) in [7, 11) is 0. The zero-order chi connectivity index (χ0) is 28.6. The number of hydrogen-bond donors (Lipinski definition) is 4. The number of benzene rings is 2. The number of nitrogens with one attached hydrogen (secondary N) is 2. The van der Waals surface area contributed by atoms with Crippen molar-refractivity contribution in [2.24, 2.45) is 0 Å². The highest BCUT2D eigenvalue weighted by Crippen LogP contribution is 2.37. The first-order valence-electron chi connectivity index (χ1n) is 12.0. The molecule has 4 aromatic rings. The van der Waals surface area contributed by atoms with Gasteiger partial charge in [0.2, 0.25) is 6.35 Å². The monoisotopic (exact) mass is 583 g/mol. The third kappa shape index (κ3) is 5.75. The first-order chi connectivity index (χ1) is 19.0. The molecule has 1 unspecified atom stereocenters. The van der Waals surface area contributed by atoms with Crippen molar-refractivity contribution in [2.45, 2.75) is 19.1 Å². The second-order valence-electron chi connectivity index (χ2n) is 9.04. The molecule has 1 aliphatic heterocycles. The van der Waals surface area contributed by atoms with E-state index >= 15 is 8.78 Å². The number of morpholine rings is 1. The van der Waals surface area contributed by atoms with Gasteiger partial charge in [-0.25, -0.2) is 18.3 Å². The SMILES string of the molecule is Nc1ncnn2c(CN3CCOCC3)cc(-c3cc(F)c(NC(O)Nc4ccc(Cl)c(C(F)(F)F)c4)cc3F)c12. The highest BCUT2D eigenvalue weighted by molar-refractivity contribution is 6.31. The van der Waals surface area contributed by atoms with Crippen LogP contribution in [0.5, 0.6) is 0 Å². The molecule has 0 spiro atoms. The molecule has 3 heterocycles. The lowest BCUT2D eigenvalue weighted by Crippen LogP contribution is -2.36. The maximum Gasteiger partial charge on any atom is 0.417 e. The van der Waals surface area contributed by atoms with Crippen LogP contribution in [0.4, 0.5) is 39.1 Å². The lowest BCUT2D eigenvalue weighted by atomic mass is 10.0. The fraction of sp³-hybridized carbons (Fsp3) is 0.280. The van der Waals surface area contributed by atoms with Crippen molar-refractivity contribution in [3.63, 3.8) is 0 Å². The van der Waals surface area contributed by atoms with Crippen LogP contribution in [0.1, 0.15) is 11.3 Å². The lowest BCUT2D eigenvalue weighted by Gasteiger charge is -2.26. The van der Waals surface area contributed by atoms with Crippen LogP contribution in [-0.2, 0) is 17.5 Å². The number of halogens is 6. The van der Waals surface area contributed by atoms with Crippen LogP contribution in [0, 0.1) is 11.6 Å². The fourth-order valence-corrected chi connectivity index (χ4v) is 4.70. The highest BCUT2D eigenvalue weighted by atomic mass is 35.5. The van der Waals surface area contributed by atoms with Gasteiger partial charge in [0.05, 0.1) is 35.2 Å². The molecule has 1 saturated heterocycles. The molecule has 212 valence electrons. The number of anilines is 3. The second-order valence-corrected chi connectivity index (χ2v) is 9.45. The van der Waals surface area contributed by atoms with Gasteiger partial charge in [0.1, 0.15) is 23.5 Å². The van der Waals surface area contributed by atoms with Crippen molar-refractivity contribution >= 4 is 34.3 Å². The Morgan fingerprint density at radius 3 is 2.52 bits per heavy atom. The summed E-state index contributed by atoms with van der Waals surface area (Å²) in [4.78, 5) is 6.12. The molecule has 5 N–H and O–H groups in total. The molecule has 0 bridgehead atoms. The zero-order valence-electron chi connectivity index (χ0n) is 20.6. The third-order valence-electron chi connectivity index (χ3n) is 6.36. The lowest BCUT2D eigenvalue weighted by molar-refractivity contribution is -0.137. The predicted octanol–water partition coefficient (Wildman–Crippen LogP) is 4.56. The number of ether oxygens (including phenoxy) is 1. The summed E-state index contributed by atoms with van der Waals surface area (Å²) in [6, 6.07) is 6.29. The Balaban J connectivity index is 1.41. The molecule has 1 aliphatic rings. The van der Waals surface area contributed by atoms with Crippen molar-refractivity contribution in [3.05, 3.63) is 70.6 Å². The van der Waals surface area contributed by atoms with Gasteiger partial charge in [-0.2, -0.15) is 18.3 Å². The average Bonchev–Trinajstić information content (AvgIpc) is 3.26. The summed E-state index contributed by atoms with van der Waals surface area (Å²) in [5, 5.41) is 18.6. The maximum atomic E-state index is 15.4. The Hall–Kier alpha value is -3.72. The number of nitrogen functional groups attached to an aromatic ring is 1. The van der Waals surface area contributed by atoms with Crippen molar-refractivity contribution in [1.29, 1.82) is 0 Å². The molecule has 2 aromatic heterocycles. The molecule has 9 nitrogen and oxygen atoms in total. The predicted molar refractivity (Wildman–Crippen MR) is 139 cm³/mol. The number of nitrogens with zero attached hydrogens (tertiary/aromatic N) is 4. The molecular weight excluding hydrogens is 561 g/mol. The third-order valence-corrected chi connectivity index (χ3v) is 6.69. The van der Waals surface area contributed by atoms with E-state index in [1.165, 1.54) is 16.9 Å². The summed E-state index contributed by atoms with van der Waals surface area (Å²) >= 11 is 5.61. The molecule has 0 radical (unpaired) electrons. The number of aliphatic hydroxyl groups excluding tert-OH is 1. The van der Waals surface area contributed by atoms with Gasteiger partial charge >= 0.3 is 6.18 Å². The number of rotatable bonds is 7. The van der Waals surface area contributed by atoms with E-state index in [-0.39, 0.29) is 22.6 Å². The zero-order valence-corrected chi connectivity index (χ0v) is 21.4. The molecule has 0 saturated carbocycles. The van der Waals surface area contributed by atoms with Crippen molar-refractivity contribution in [3.8, 4) is 11.1 Å². The van der Waals surface area contributed by atoms with Crippen LogP contribution < -0.4 is 16.4 Å². The minimum absolute atomic E-state index is 0.0704. The van der Waals surface area contributed by atoms with Crippen LogP contribution in [-0.4, -0.2) is 57.3 Å². The number of aliphatic hydroxyl groups is 1. The second kappa shape index (κ2) is 11.0. The molecule has 0 aliphatic carbocycles. The van der Waals surface area contributed by atoms with Crippen LogP contribution in [0.2, 0.25) is 5.02 Å². The van der Waals surface area contributed by atoms with E-state index in [0.717, 1.165) is 18.2 Å². The van der Waals surface area contributed by atoms with Crippen LogP contribution in [0.3, 0.4) is 0 Å². The minimum atomic E-state index is -4.72. The Morgan fingerprint density at radius 2 is 1.80 bits per heavy atom. The molecule has 15 heteroatoms. The van der Waals surface area contributed by atoms with Gasteiger partial charge in [0, 0.05) is 42.5 Å². The summed E-state index contributed by atoms with van der Waals surface area (Å²) in [6.45, 7) is 2.99. The molecule has 40 heavy (non-hydrogen) atoms. The molecule has 1 atom stereocenters. The van der Waals surface area contributed by atoms with E-state index in [2.05, 4.69) is 25.6 Å². The molecule has 5 rings (SSSR count). The fourth-order valence-electron chi connectivity index (χ4n) is 4.48. The summed E-state index contributed by atoms with van der Waals surface area (Å²) in [6.07, 6.45) is -5.23. The van der Waals surface area contributed by atoms with E-state index in [4.69, 9.17) is 22.1 Å². The smallest absolute Gasteiger partial charge is 0.382 e. The number of nitrogens with two attached hydrogens (primary N) is 1. The number of alkyl halides is 3. The molecular formula is C25H23ClF5N7O2. The van der Waals surface area contributed by atoms with Crippen molar-refractivity contribution in [2.75, 3.05) is 42.7 Å². The summed E-state index contributed by atoms with van der Waals surface area (Å²) in [5.41, 5.74) is 5.51. The topological polar surface area (TPSA) is 113 Å². The van der Waals surface area contributed by atoms with Crippen molar-refractivity contribution in [1.82, 2.24) is 19.5 Å². The normalized spacial score (nSPS) is 15.4.